The van der Waals surface area contributed by atoms with Gasteiger partial charge in [-0.15, -0.1) is 13.2 Å². The highest BCUT2D eigenvalue weighted by atomic mass is 35.5. The zero-order valence-electron chi connectivity index (χ0n) is 7.14. The number of hydrogen-bond acceptors (Lipinski definition) is 3. The van der Waals surface area contributed by atoms with Gasteiger partial charge in [0, 0.05) is 16.7 Å². The van der Waals surface area contributed by atoms with Crippen LogP contribution in [0.1, 0.15) is 10.4 Å². The number of ether oxygens (including phenoxy) is 1. The summed E-state index contributed by atoms with van der Waals surface area (Å²) >= 11 is 5.47. The molecule has 0 aliphatic heterocycles. The van der Waals surface area contributed by atoms with Crippen molar-refractivity contribution in [2.24, 2.45) is 0 Å². The lowest BCUT2D eigenvalue weighted by atomic mass is 10.2. The van der Waals surface area contributed by atoms with Gasteiger partial charge in [0.05, 0.1) is 5.69 Å². The number of halogens is 4. The fourth-order valence-electron chi connectivity index (χ4n) is 0.920. The third kappa shape index (κ3) is 3.02. The lowest BCUT2D eigenvalue weighted by molar-refractivity contribution is -0.274. The van der Waals surface area contributed by atoms with Gasteiger partial charge in [0.15, 0.2) is 12.0 Å². The minimum atomic E-state index is -4.88. The summed E-state index contributed by atoms with van der Waals surface area (Å²) in [6.45, 7) is 0. The summed E-state index contributed by atoms with van der Waals surface area (Å²) in [6, 6.07) is 2.03. The van der Waals surface area contributed by atoms with E-state index < -0.39 is 17.8 Å². The fraction of sp³-hybridized carbons (Fsp3) is 0.125. The molecule has 0 saturated carbocycles. The molecule has 0 fully saturated rings. The van der Waals surface area contributed by atoms with Crippen molar-refractivity contribution >= 4 is 23.6 Å². The summed E-state index contributed by atoms with van der Waals surface area (Å²) in [7, 11) is 0. The Balaban J connectivity index is 3.18. The van der Waals surface area contributed by atoms with E-state index in [-0.39, 0.29) is 10.6 Å². The SMILES string of the molecule is Nc1c(C=O)cc(Cl)cc1OC(F)(F)F. The minimum Gasteiger partial charge on any atom is -0.404 e. The quantitative estimate of drug-likeness (QED) is 0.638. The Labute approximate surface area is 87.6 Å². The molecule has 0 bridgehead atoms. The molecule has 0 aromatic heterocycles. The first-order chi connectivity index (χ1) is 6.83. The van der Waals surface area contributed by atoms with Gasteiger partial charge in [-0.05, 0) is 6.07 Å². The highest BCUT2D eigenvalue weighted by Gasteiger charge is 2.32. The van der Waals surface area contributed by atoms with Crippen molar-refractivity contribution in [3.05, 3.63) is 22.7 Å². The zero-order chi connectivity index (χ0) is 11.6. The van der Waals surface area contributed by atoms with Crippen LogP contribution < -0.4 is 10.5 Å². The minimum absolute atomic E-state index is 0.0643. The fourth-order valence-corrected chi connectivity index (χ4v) is 1.14. The van der Waals surface area contributed by atoms with Crippen LogP contribution in [0.15, 0.2) is 12.1 Å². The van der Waals surface area contributed by atoms with Crippen molar-refractivity contribution in [2.45, 2.75) is 6.36 Å². The molecule has 3 nitrogen and oxygen atoms in total. The van der Waals surface area contributed by atoms with E-state index in [1.165, 1.54) is 0 Å². The molecule has 0 spiro atoms. The predicted molar refractivity (Wildman–Crippen MR) is 47.9 cm³/mol. The molecule has 0 saturated heterocycles. The van der Waals surface area contributed by atoms with Gasteiger partial charge in [0.1, 0.15) is 0 Å². The number of carbonyl (C=O) groups is 1. The second kappa shape index (κ2) is 3.98. The van der Waals surface area contributed by atoms with Crippen LogP contribution in [0.5, 0.6) is 5.75 Å². The van der Waals surface area contributed by atoms with E-state index in [0.29, 0.717) is 6.29 Å². The van der Waals surface area contributed by atoms with E-state index in [4.69, 9.17) is 17.3 Å². The third-order valence-electron chi connectivity index (χ3n) is 1.49. The number of nitrogen functional groups attached to an aromatic ring is 1. The van der Waals surface area contributed by atoms with E-state index in [0.717, 1.165) is 12.1 Å². The third-order valence-corrected chi connectivity index (χ3v) is 1.71. The van der Waals surface area contributed by atoms with Gasteiger partial charge in [-0.25, -0.2) is 0 Å². The summed E-state index contributed by atoms with van der Waals surface area (Å²) in [5, 5.41) is -0.0643. The number of alkyl halides is 3. The summed E-state index contributed by atoms with van der Waals surface area (Å²) < 4.78 is 39.2. The zero-order valence-corrected chi connectivity index (χ0v) is 7.89. The normalized spacial score (nSPS) is 11.2. The Morgan fingerprint density at radius 3 is 2.47 bits per heavy atom. The number of anilines is 1. The van der Waals surface area contributed by atoms with Gasteiger partial charge in [0.2, 0.25) is 0 Å². The number of nitrogens with two attached hydrogens (primary N) is 1. The second-order valence-corrected chi connectivity index (χ2v) is 3.01. The van der Waals surface area contributed by atoms with Crippen molar-refractivity contribution in [1.29, 1.82) is 0 Å². The Morgan fingerprint density at radius 2 is 2.00 bits per heavy atom. The number of carbonyl (C=O) groups excluding carboxylic acids is 1. The summed E-state index contributed by atoms with van der Waals surface area (Å²) in [5.41, 5.74) is 4.71. The van der Waals surface area contributed by atoms with Crippen molar-refractivity contribution in [2.75, 3.05) is 5.73 Å². The van der Waals surface area contributed by atoms with E-state index in [1.54, 1.807) is 0 Å². The summed E-state index contributed by atoms with van der Waals surface area (Å²) in [5.74, 6) is -0.683. The standard InChI is InChI=1S/C8H5ClF3NO2/c9-5-1-4(3-14)7(13)6(2-5)15-8(10,11)12/h1-3H,13H2. The van der Waals surface area contributed by atoms with Gasteiger partial charge in [-0.1, -0.05) is 11.6 Å². The van der Waals surface area contributed by atoms with Gasteiger partial charge < -0.3 is 10.5 Å². The summed E-state index contributed by atoms with van der Waals surface area (Å²) in [6.07, 6.45) is -4.58. The highest BCUT2D eigenvalue weighted by Crippen LogP contribution is 2.33. The highest BCUT2D eigenvalue weighted by molar-refractivity contribution is 6.31. The molecular weight excluding hydrogens is 235 g/mol. The lowest BCUT2D eigenvalue weighted by Gasteiger charge is -2.12. The van der Waals surface area contributed by atoms with Crippen molar-refractivity contribution < 1.29 is 22.7 Å². The Hall–Kier alpha value is -1.43. The number of aldehydes is 1. The first kappa shape index (κ1) is 11.6. The van der Waals surface area contributed by atoms with Crippen LogP contribution in [0.25, 0.3) is 0 Å². The molecule has 0 aliphatic rings. The molecule has 0 atom stereocenters. The van der Waals surface area contributed by atoms with Gasteiger partial charge in [0.25, 0.3) is 0 Å². The van der Waals surface area contributed by atoms with E-state index in [1.807, 2.05) is 0 Å². The molecule has 0 radical (unpaired) electrons. The maximum Gasteiger partial charge on any atom is 0.573 e. The molecule has 1 aromatic carbocycles. The maximum absolute atomic E-state index is 11.9. The summed E-state index contributed by atoms with van der Waals surface area (Å²) in [4.78, 5) is 10.4. The molecule has 82 valence electrons. The van der Waals surface area contributed by atoms with Crippen molar-refractivity contribution in [3.63, 3.8) is 0 Å². The molecule has 7 heteroatoms. The molecule has 1 aromatic rings. The number of rotatable bonds is 2. The Kier molecular flexibility index (Phi) is 3.09. The first-order valence-corrected chi connectivity index (χ1v) is 4.01. The monoisotopic (exact) mass is 239 g/mol. The molecular formula is C8H5ClF3NO2. The van der Waals surface area contributed by atoms with E-state index >= 15 is 0 Å². The first-order valence-electron chi connectivity index (χ1n) is 3.63. The van der Waals surface area contributed by atoms with Crippen LogP contribution in [-0.2, 0) is 0 Å². The molecule has 2 N–H and O–H groups in total. The average molecular weight is 240 g/mol. The van der Waals surface area contributed by atoms with Crippen LogP contribution in [0, 0.1) is 0 Å². The average Bonchev–Trinajstić information content (AvgIpc) is 2.08. The van der Waals surface area contributed by atoms with Crippen molar-refractivity contribution in [1.82, 2.24) is 0 Å². The van der Waals surface area contributed by atoms with E-state index in [9.17, 15) is 18.0 Å². The van der Waals surface area contributed by atoms with Crippen LogP contribution in [-0.4, -0.2) is 12.6 Å². The van der Waals surface area contributed by atoms with Gasteiger partial charge in [-0.2, -0.15) is 0 Å². The van der Waals surface area contributed by atoms with Gasteiger partial charge in [-0.3, -0.25) is 4.79 Å². The number of benzene rings is 1. The topological polar surface area (TPSA) is 52.3 Å². The van der Waals surface area contributed by atoms with Crippen molar-refractivity contribution in [3.8, 4) is 5.75 Å². The smallest absolute Gasteiger partial charge is 0.404 e. The molecule has 0 amide bonds. The Bertz CT molecular complexity index is 392. The lowest BCUT2D eigenvalue weighted by Crippen LogP contribution is -2.18. The molecule has 0 unspecified atom stereocenters. The predicted octanol–water partition coefficient (Wildman–Crippen LogP) is 2.63. The largest absolute Gasteiger partial charge is 0.573 e. The number of hydrogen-bond donors (Lipinski definition) is 1. The van der Waals surface area contributed by atoms with Crippen LogP contribution in [0.3, 0.4) is 0 Å². The molecule has 0 aliphatic carbocycles. The van der Waals surface area contributed by atoms with Crippen LogP contribution >= 0.6 is 11.6 Å². The molecule has 15 heavy (non-hydrogen) atoms. The van der Waals surface area contributed by atoms with E-state index in [2.05, 4.69) is 4.74 Å². The van der Waals surface area contributed by atoms with Crippen LogP contribution in [0.2, 0.25) is 5.02 Å². The second-order valence-electron chi connectivity index (χ2n) is 2.57. The van der Waals surface area contributed by atoms with Gasteiger partial charge >= 0.3 is 6.36 Å². The molecule has 0 heterocycles. The maximum atomic E-state index is 11.9. The molecule has 1 rings (SSSR count). The van der Waals surface area contributed by atoms with Crippen LogP contribution in [0.4, 0.5) is 18.9 Å². The Morgan fingerprint density at radius 1 is 1.40 bits per heavy atom.